The lowest BCUT2D eigenvalue weighted by Crippen LogP contribution is -1.95. The molecule has 0 saturated heterocycles. The fraction of sp³-hybridized carbons (Fsp3) is 0.0769. The van der Waals surface area contributed by atoms with Crippen molar-refractivity contribution in [3.05, 3.63) is 63.7 Å². The average Bonchev–Trinajstić information content (AvgIpc) is 2.42. The molecule has 0 aromatic heterocycles. The number of ether oxygens (including phenoxy) is 1. The van der Waals surface area contributed by atoms with Gasteiger partial charge in [0.05, 0.1) is 10.8 Å². The zero-order chi connectivity index (χ0) is 14.7. The molecule has 104 valence electrons. The Morgan fingerprint density at radius 2 is 1.75 bits per heavy atom. The molecular formula is C13H8ClF2NO3. The van der Waals surface area contributed by atoms with Crippen molar-refractivity contribution >= 4 is 17.3 Å². The lowest BCUT2D eigenvalue weighted by Gasteiger charge is -2.07. The third-order valence-corrected chi connectivity index (χ3v) is 2.81. The summed E-state index contributed by atoms with van der Waals surface area (Å²) < 4.78 is 31.1. The van der Waals surface area contributed by atoms with Crippen LogP contribution >= 0.6 is 11.6 Å². The van der Waals surface area contributed by atoms with Crippen LogP contribution in [0.1, 0.15) is 5.56 Å². The number of nitro benzene ring substituents is 1. The minimum absolute atomic E-state index is 0.0642. The van der Waals surface area contributed by atoms with E-state index < -0.39 is 16.6 Å². The van der Waals surface area contributed by atoms with Crippen LogP contribution in [0.5, 0.6) is 11.5 Å². The Kier molecular flexibility index (Phi) is 4.14. The van der Waals surface area contributed by atoms with Gasteiger partial charge >= 0.3 is 0 Å². The third-order valence-electron chi connectivity index (χ3n) is 2.52. The van der Waals surface area contributed by atoms with Crippen LogP contribution in [-0.4, -0.2) is 4.92 Å². The molecule has 2 rings (SSSR count). The summed E-state index contributed by atoms with van der Waals surface area (Å²) in [5.41, 5.74) is 0.148. The molecule has 0 unspecified atom stereocenters. The highest BCUT2D eigenvalue weighted by Crippen LogP contribution is 2.29. The SMILES string of the molecule is O=[N+]([O-])c1ccc(Oc2ccc(F)c(F)c2)cc1CCl. The van der Waals surface area contributed by atoms with Crippen LogP contribution in [0, 0.1) is 21.7 Å². The molecule has 2 aromatic carbocycles. The maximum atomic E-state index is 13.0. The highest BCUT2D eigenvalue weighted by atomic mass is 35.5. The van der Waals surface area contributed by atoms with Gasteiger partial charge < -0.3 is 4.74 Å². The summed E-state index contributed by atoms with van der Waals surface area (Å²) >= 11 is 5.63. The summed E-state index contributed by atoms with van der Waals surface area (Å²) in [6.07, 6.45) is 0. The highest BCUT2D eigenvalue weighted by Gasteiger charge is 2.14. The Hall–Kier alpha value is -2.21. The van der Waals surface area contributed by atoms with Crippen molar-refractivity contribution in [1.82, 2.24) is 0 Å². The van der Waals surface area contributed by atoms with Gasteiger partial charge in [0.15, 0.2) is 11.6 Å². The molecule has 0 fully saturated rings. The van der Waals surface area contributed by atoms with Crippen LogP contribution in [-0.2, 0) is 5.88 Å². The van der Waals surface area contributed by atoms with Crippen LogP contribution in [0.25, 0.3) is 0 Å². The Morgan fingerprint density at radius 3 is 2.35 bits per heavy atom. The minimum Gasteiger partial charge on any atom is -0.457 e. The second-order valence-electron chi connectivity index (χ2n) is 3.86. The van der Waals surface area contributed by atoms with E-state index in [-0.39, 0.29) is 28.6 Å². The average molecular weight is 300 g/mol. The number of alkyl halides is 1. The van der Waals surface area contributed by atoms with E-state index >= 15 is 0 Å². The molecule has 0 spiro atoms. The topological polar surface area (TPSA) is 52.4 Å². The summed E-state index contributed by atoms with van der Waals surface area (Å²) in [7, 11) is 0. The van der Waals surface area contributed by atoms with E-state index in [1.54, 1.807) is 0 Å². The Balaban J connectivity index is 2.29. The summed E-state index contributed by atoms with van der Waals surface area (Å²) in [4.78, 5) is 10.2. The van der Waals surface area contributed by atoms with Gasteiger partial charge in [-0.05, 0) is 24.3 Å². The van der Waals surface area contributed by atoms with Crippen molar-refractivity contribution in [2.24, 2.45) is 0 Å². The Morgan fingerprint density at radius 1 is 1.10 bits per heavy atom. The molecule has 0 aliphatic heterocycles. The molecule has 0 atom stereocenters. The van der Waals surface area contributed by atoms with Gasteiger partial charge in [0.2, 0.25) is 0 Å². The molecule has 0 N–H and O–H groups in total. The monoisotopic (exact) mass is 299 g/mol. The van der Waals surface area contributed by atoms with E-state index in [0.29, 0.717) is 0 Å². The fourth-order valence-corrected chi connectivity index (χ4v) is 1.80. The molecule has 0 radical (unpaired) electrons. The van der Waals surface area contributed by atoms with Crippen molar-refractivity contribution in [1.29, 1.82) is 0 Å². The summed E-state index contributed by atoms with van der Waals surface area (Å²) in [6.45, 7) is 0. The molecule has 0 bridgehead atoms. The van der Waals surface area contributed by atoms with Crippen molar-refractivity contribution in [3.8, 4) is 11.5 Å². The first-order chi connectivity index (χ1) is 9.51. The van der Waals surface area contributed by atoms with Gasteiger partial charge in [-0.2, -0.15) is 0 Å². The lowest BCUT2D eigenvalue weighted by atomic mass is 10.2. The van der Waals surface area contributed by atoms with E-state index in [0.717, 1.165) is 12.1 Å². The lowest BCUT2D eigenvalue weighted by molar-refractivity contribution is -0.385. The second kappa shape index (κ2) is 5.83. The van der Waals surface area contributed by atoms with E-state index in [1.165, 1.54) is 24.3 Å². The maximum Gasteiger partial charge on any atom is 0.274 e. The second-order valence-corrected chi connectivity index (χ2v) is 4.13. The van der Waals surface area contributed by atoms with Crippen LogP contribution in [0.4, 0.5) is 14.5 Å². The van der Waals surface area contributed by atoms with Crippen LogP contribution in [0.3, 0.4) is 0 Å². The number of hydrogen-bond donors (Lipinski definition) is 0. The van der Waals surface area contributed by atoms with Gasteiger partial charge in [-0.3, -0.25) is 10.1 Å². The molecule has 0 heterocycles. The van der Waals surface area contributed by atoms with Crippen molar-refractivity contribution in [2.45, 2.75) is 5.88 Å². The van der Waals surface area contributed by atoms with Crippen molar-refractivity contribution in [2.75, 3.05) is 0 Å². The largest absolute Gasteiger partial charge is 0.457 e. The van der Waals surface area contributed by atoms with Crippen LogP contribution < -0.4 is 4.74 Å². The smallest absolute Gasteiger partial charge is 0.274 e. The number of nitro groups is 1. The molecule has 4 nitrogen and oxygen atoms in total. The van der Waals surface area contributed by atoms with E-state index in [1.807, 2.05) is 0 Å². The van der Waals surface area contributed by atoms with Crippen molar-refractivity contribution in [3.63, 3.8) is 0 Å². The number of benzene rings is 2. The molecule has 0 amide bonds. The Labute approximate surface area is 117 Å². The minimum atomic E-state index is -1.04. The number of halogens is 3. The normalized spacial score (nSPS) is 10.3. The third kappa shape index (κ3) is 3.03. The molecule has 2 aromatic rings. The predicted molar refractivity (Wildman–Crippen MR) is 69.1 cm³/mol. The predicted octanol–water partition coefficient (Wildman–Crippen LogP) is 4.40. The zero-order valence-electron chi connectivity index (χ0n) is 9.98. The van der Waals surface area contributed by atoms with E-state index in [9.17, 15) is 18.9 Å². The number of nitrogens with zero attached hydrogens (tertiary/aromatic N) is 1. The number of rotatable bonds is 4. The summed E-state index contributed by atoms with van der Waals surface area (Å²) in [5, 5.41) is 10.7. The quantitative estimate of drug-likeness (QED) is 0.477. The van der Waals surface area contributed by atoms with Gasteiger partial charge in [0.25, 0.3) is 5.69 Å². The zero-order valence-corrected chi connectivity index (χ0v) is 10.7. The maximum absolute atomic E-state index is 13.0. The van der Waals surface area contributed by atoms with Crippen LogP contribution in [0.2, 0.25) is 0 Å². The van der Waals surface area contributed by atoms with Gasteiger partial charge in [-0.1, -0.05) is 0 Å². The van der Waals surface area contributed by atoms with E-state index in [4.69, 9.17) is 16.3 Å². The Bertz CT molecular complexity index is 664. The molecule has 20 heavy (non-hydrogen) atoms. The van der Waals surface area contributed by atoms with Gasteiger partial charge in [0.1, 0.15) is 11.5 Å². The first kappa shape index (κ1) is 14.2. The van der Waals surface area contributed by atoms with Crippen LogP contribution in [0.15, 0.2) is 36.4 Å². The molecule has 0 aliphatic rings. The highest BCUT2D eigenvalue weighted by molar-refractivity contribution is 6.17. The molecule has 0 aliphatic carbocycles. The van der Waals surface area contributed by atoms with Gasteiger partial charge in [0, 0.05) is 17.7 Å². The first-order valence-corrected chi connectivity index (χ1v) is 6.01. The molecule has 0 saturated carbocycles. The van der Waals surface area contributed by atoms with E-state index in [2.05, 4.69) is 0 Å². The van der Waals surface area contributed by atoms with Crippen molar-refractivity contribution < 1.29 is 18.4 Å². The molecular weight excluding hydrogens is 292 g/mol. The number of hydrogen-bond acceptors (Lipinski definition) is 3. The summed E-state index contributed by atoms with van der Waals surface area (Å²) in [5.74, 6) is -1.76. The summed E-state index contributed by atoms with van der Waals surface area (Å²) in [6, 6.07) is 7.05. The molecule has 7 heteroatoms. The van der Waals surface area contributed by atoms with Gasteiger partial charge in [-0.25, -0.2) is 8.78 Å². The standard InChI is InChI=1S/C13H8ClF2NO3/c14-7-8-5-9(2-4-13(8)17(18)19)20-10-1-3-11(15)12(16)6-10/h1-6H,7H2. The fourth-order valence-electron chi connectivity index (χ4n) is 1.59. The van der Waals surface area contributed by atoms with Gasteiger partial charge in [-0.15, -0.1) is 11.6 Å². The first-order valence-electron chi connectivity index (χ1n) is 5.47.